The highest BCUT2D eigenvalue weighted by molar-refractivity contribution is 5.38. The van der Waals surface area contributed by atoms with Crippen LogP contribution in [-0.4, -0.2) is 11.6 Å². The highest BCUT2D eigenvalue weighted by Crippen LogP contribution is 2.14. The zero-order valence-corrected chi connectivity index (χ0v) is 8.58. The Hall–Kier alpha value is -1.56. The highest BCUT2D eigenvalue weighted by Gasteiger charge is 2.04. The predicted octanol–water partition coefficient (Wildman–Crippen LogP) is 2.44. The Bertz CT molecular complexity index is 342. The molecule has 14 heavy (non-hydrogen) atoms. The number of aromatic nitrogens is 1. The minimum Gasteiger partial charge on any atom is -0.477 e. The summed E-state index contributed by atoms with van der Waals surface area (Å²) in [6.45, 7) is 4.60. The molecule has 3 nitrogen and oxygen atoms in total. The Morgan fingerprint density at radius 3 is 2.93 bits per heavy atom. The van der Waals surface area contributed by atoms with Gasteiger partial charge in [-0.05, 0) is 25.5 Å². The molecular weight excluding hydrogens is 176 g/mol. The van der Waals surface area contributed by atoms with Crippen LogP contribution in [0.3, 0.4) is 0 Å². The van der Waals surface area contributed by atoms with Gasteiger partial charge in [-0.25, -0.2) is 4.98 Å². The number of hydrogen-bond donors (Lipinski definition) is 0. The quantitative estimate of drug-likeness (QED) is 0.685. The molecule has 0 saturated heterocycles. The molecule has 0 bridgehead atoms. The van der Waals surface area contributed by atoms with E-state index in [0.29, 0.717) is 18.1 Å². The van der Waals surface area contributed by atoms with Crippen LogP contribution in [-0.2, 0) is 0 Å². The van der Waals surface area contributed by atoms with Crippen molar-refractivity contribution >= 4 is 0 Å². The van der Waals surface area contributed by atoms with E-state index < -0.39 is 0 Å². The number of ether oxygens (including phenoxy) is 1. The number of aryl methyl sites for hydroxylation is 1. The second kappa shape index (κ2) is 5.23. The second-order valence-corrected chi connectivity index (χ2v) is 3.12. The van der Waals surface area contributed by atoms with Crippen molar-refractivity contribution in [3.8, 4) is 11.9 Å². The lowest BCUT2D eigenvalue weighted by Crippen LogP contribution is -2.01. The Morgan fingerprint density at radius 2 is 2.29 bits per heavy atom. The van der Waals surface area contributed by atoms with Gasteiger partial charge in [-0.3, -0.25) is 0 Å². The number of nitrogens with zero attached hydrogens (tertiary/aromatic N) is 2. The average Bonchev–Trinajstić information content (AvgIpc) is 2.19. The molecule has 1 rings (SSSR count). The van der Waals surface area contributed by atoms with Crippen molar-refractivity contribution in [3.05, 3.63) is 23.4 Å². The van der Waals surface area contributed by atoms with E-state index in [1.54, 1.807) is 6.07 Å². The van der Waals surface area contributed by atoms with Crippen LogP contribution in [0.2, 0.25) is 0 Å². The van der Waals surface area contributed by atoms with Gasteiger partial charge in [0.1, 0.15) is 11.6 Å². The van der Waals surface area contributed by atoms with Gasteiger partial charge in [0.15, 0.2) is 0 Å². The molecule has 3 heteroatoms. The van der Waals surface area contributed by atoms with Gasteiger partial charge in [0.2, 0.25) is 5.88 Å². The highest BCUT2D eigenvalue weighted by atomic mass is 16.5. The van der Waals surface area contributed by atoms with E-state index in [9.17, 15) is 0 Å². The number of rotatable bonds is 4. The maximum Gasteiger partial charge on any atom is 0.231 e. The van der Waals surface area contributed by atoms with E-state index >= 15 is 0 Å². The molecule has 1 heterocycles. The van der Waals surface area contributed by atoms with Crippen LogP contribution < -0.4 is 4.74 Å². The van der Waals surface area contributed by atoms with Gasteiger partial charge in [0.05, 0.1) is 6.61 Å². The van der Waals surface area contributed by atoms with E-state index in [-0.39, 0.29) is 0 Å². The van der Waals surface area contributed by atoms with Crippen molar-refractivity contribution < 1.29 is 4.74 Å². The predicted molar refractivity (Wildman–Crippen MR) is 54.1 cm³/mol. The Labute approximate surface area is 84.3 Å². The summed E-state index contributed by atoms with van der Waals surface area (Å²) in [5.41, 5.74) is 1.38. The fraction of sp³-hybridized carbons (Fsp3) is 0.455. The van der Waals surface area contributed by atoms with Crippen molar-refractivity contribution in [2.75, 3.05) is 6.61 Å². The normalized spacial score (nSPS) is 9.50. The summed E-state index contributed by atoms with van der Waals surface area (Å²) >= 11 is 0. The number of pyridine rings is 1. The molecule has 0 aliphatic heterocycles. The first-order chi connectivity index (χ1) is 6.77. The third kappa shape index (κ3) is 2.74. The lowest BCUT2D eigenvalue weighted by atomic mass is 10.2. The third-order valence-corrected chi connectivity index (χ3v) is 1.86. The topological polar surface area (TPSA) is 45.9 Å². The summed E-state index contributed by atoms with van der Waals surface area (Å²) in [4.78, 5) is 4.17. The van der Waals surface area contributed by atoms with Crippen LogP contribution in [0.4, 0.5) is 0 Å². The number of nitriles is 1. The Balaban J connectivity index is 2.73. The van der Waals surface area contributed by atoms with Gasteiger partial charge < -0.3 is 4.74 Å². The largest absolute Gasteiger partial charge is 0.477 e. The SMILES string of the molecule is CCCCOc1nc(C)ccc1C#N. The van der Waals surface area contributed by atoms with E-state index in [1.807, 2.05) is 13.0 Å². The average molecular weight is 190 g/mol. The lowest BCUT2D eigenvalue weighted by Gasteiger charge is -2.06. The summed E-state index contributed by atoms with van der Waals surface area (Å²) in [6.07, 6.45) is 2.06. The van der Waals surface area contributed by atoms with Gasteiger partial charge in [-0.2, -0.15) is 5.26 Å². The fourth-order valence-corrected chi connectivity index (χ4v) is 1.04. The van der Waals surface area contributed by atoms with Crippen LogP contribution in [0.5, 0.6) is 5.88 Å². The zero-order chi connectivity index (χ0) is 10.4. The molecule has 0 aromatic carbocycles. The standard InChI is InChI=1S/C11H14N2O/c1-3-4-7-14-11-10(8-12)6-5-9(2)13-11/h5-6H,3-4,7H2,1-2H3. The molecule has 0 radical (unpaired) electrons. The van der Waals surface area contributed by atoms with Crippen molar-refractivity contribution in [1.29, 1.82) is 5.26 Å². The first kappa shape index (κ1) is 10.5. The van der Waals surface area contributed by atoms with Crippen molar-refractivity contribution in [1.82, 2.24) is 4.98 Å². The fourth-order valence-electron chi connectivity index (χ4n) is 1.04. The maximum absolute atomic E-state index is 8.80. The second-order valence-electron chi connectivity index (χ2n) is 3.12. The van der Waals surface area contributed by atoms with Crippen LogP contribution in [0.15, 0.2) is 12.1 Å². The molecule has 0 unspecified atom stereocenters. The van der Waals surface area contributed by atoms with E-state index in [2.05, 4.69) is 18.0 Å². The van der Waals surface area contributed by atoms with Gasteiger partial charge >= 0.3 is 0 Å². The number of unbranched alkanes of at least 4 members (excludes halogenated alkanes) is 1. The molecule has 0 aliphatic carbocycles. The Kier molecular flexibility index (Phi) is 3.93. The molecule has 0 spiro atoms. The molecule has 0 atom stereocenters. The molecule has 74 valence electrons. The monoisotopic (exact) mass is 190 g/mol. The van der Waals surface area contributed by atoms with Crippen LogP contribution in [0.25, 0.3) is 0 Å². The smallest absolute Gasteiger partial charge is 0.231 e. The maximum atomic E-state index is 8.80. The van der Waals surface area contributed by atoms with Crippen molar-refractivity contribution in [2.45, 2.75) is 26.7 Å². The van der Waals surface area contributed by atoms with Gasteiger partial charge in [-0.1, -0.05) is 13.3 Å². The van der Waals surface area contributed by atoms with E-state index in [4.69, 9.17) is 10.00 Å². The van der Waals surface area contributed by atoms with Gasteiger partial charge in [-0.15, -0.1) is 0 Å². The molecule has 0 amide bonds. The van der Waals surface area contributed by atoms with Crippen LogP contribution >= 0.6 is 0 Å². The van der Waals surface area contributed by atoms with Crippen LogP contribution in [0.1, 0.15) is 31.0 Å². The summed E-state index contributed by atoms with van der Waals surface area (Å²) in [6, 6.07) is 5.61. The molecule has 0 saturated carbocycles. The molecular formula is C11H14N2O. The first-order valence-electron chi connectivity index (χ1n) is 4.78. The van der Waals surface area contributed by atoms with Crippen molar-refractivity contribution in [2.24, 2.45) is 0 Å². The number of hydrogen-bond acceptors (Lipinski definition) is 3. The van der Waals surface area contributed by atoms with Gasteiger partial charge in [0.25, 0.3) is 0 Å². The van der Waals surface area contributed by atoms with E-state index in [0.717, 1.165) is 18.5 Å². The molecule has 1 aromatic heterocycles. The van der Waals surface area contributed by atoms with Crippen molar-refractivity contribution in [3.63, 3.8) is 0 Å². The summed E-state index contributed by atoms with van der Waals surface area (Å²) < 4.78 is 5.42. The Morgan fingerprint density at radius 1 is 1.50 bits per heavy atom. The summed E-state index contributed by atoms with van der Waals surface area (Å²) in [5.74, 6) is 0.459. The molecule has 0 aliphatic rings. The summed E-state index contributed by atoms with van der Waals surface area (Å²) in [7, 11) is 0. The summed E-state index contributed by atoms with van der Waals surface area (Å²) in [5, 5.41) is 8.80. The first-order valence-corrected chi connectivity index (χ1v) is 4.78. The minimum absolute atomic E-state index is 0.459. The van der Waals surface area contributed by atoms with Crippen LogP contribution in [0, 0.1) is 18.3 Å². The lowest BCUT2D eigenvalue weighted by molar-refractivity contribution is 0.296. The van der Waals surface area contributed by atoms with Gasteiger partial charge in [0, 0.05) is 5.69 Å². The minimum atomic E-state index is 0.459. The van der Waals surface area contributed by atoms with E-state index in [1.165, 1.54) is 0 Å². The molecule has 0 fully saturated rings. The third-order valence-electron chi connectivity index (χ3n) is 1.86. The zero-order valence-electron chi connectivity index (χ0n) is 8.58. The molecule has 1 aromatic rings. The molecule has 0 N–H and O–H groups in total.